The van der Waals surface area contributed by atoms with Gasteiger partial charge in [-0.15, -0.1) is 18.2 Å². The quantitative estimate of drug-likeness (QED) is 0.417. The Balaban J connectivity index is 3.01. The predicted molar refractivity (Wildman–Crippen MR) is 51.3 cm³/mol. The smallest absolute Gasteiger partial charge is 0.151 e. The van der Waals surface area contributed by atoms with Crippen molar-refractivity contribution in [2.24, 2.45) is 0 Å². The van der Waals surface area contributed by atoms with Crippen molar-refractivity contribution in [3.8, 4) is 12.3 Å². The monoisotopic (exact) mass is 194 g/mol. The first-order chi connectivity index (χ1) is 6.29. The number of terminal acetylenes is 1. The van der Waals surface area contributed by atoms with Gasteiger partial charge in [0.05, 0.1) is 10.6 Å². The maximum atomic E-state index is 13.1. The SMILES string of the molecule is C#CCSc1c(F)cccc1C=O. The molecule has 0 amide bonds. The first-order valence-electron chi connectivity index (χ1n) is 3.59. The molecule has 0 bridgehead atoms. The van der Waals surface area contributed by atoms with Crippen LogP contribution in [-0.2, 0) is 0 Å². The summed E-state index contributed by atoms with van der Waals surface area (Å²) in [4.78, 5) is 10.8. The fraction of sp³-hybridized carbons (Fsp3) is 0.100. The van der Waals surface area contributed by atoms with Crippen LogP contribution in [0.2, 0.25) is 0 Å². The van der Waals surface area contributed by atoms with Crippen LogP contribution >= 0.6 is 11.8 Å². The molecule has 0 atom stereocenters. The van der Waals surface area contributed by atoms with E-state index in [2.05, 4.69) is 5.92 Å². The Hall–Kier alpha value is -1.27. The van der Waals surface area contributed by atoms with Crippen molar-refractivity contribution in [3.63, 3.8) is 0 Å². The van der Waals surface area contributed by atoms with Gasteiger partial charge in [0.2, 0.25) is 0 Å². The van der Waals surface area contributed by atoms with Crippen molar-refractivity contribution in [2.45, 2.75) is 4.90 Å². The molecule has 0 unspecified atom stereocenters. The summed E-state index contributed by atoms with van der Waals surface area (Å²) in [6.07, 6.45) is 5.66. The van der Waals surface area contributed by atoms with Gasteiger partial charge in [-0.2, -0.15) is 0 Å². The first-order valence-corrected chi connectivity index (χ1v) is 4.58. The number of carbonyl (C=O) groups is 1. The molecule has 0 spiro atoms. The van der Waals surface area contributed by atoms with E-state index in [-0.39, 0.29) is 0 Å². The van der Waals surface area contributed by atoms with Crippen LogP contribution in [0.3, 0.4) is 0 Å². The maximum absolute atomic E-state index is 13.1. The van der Waals surface area contributed by atoms with E-state index in [9.17, 15) is 9.18 Å². The van der Waals surface area contributed by atoms with Crippen LogP contribution in [0.4, 0.5) is 4.39 Å². The van der Waals surface area contributed by atoms with Gasteiger partial charge in [0, 0.05) is 5.56 Å². The van der Waals surface area contributed by atoms with Gasteiger partial charge in [-0.1, -0.05) is 18.1 Å². The second-order valence-corrected chi connectivity index (χ2v) is 3.25. The van der Waals surface area contributed by atoms with E-state index in [1.54, 1.807) is 6.07 Å². The van der Waals surface area contributed by atoms with Crippen molar-refractivity contribution >= 4 is 18.0 Å². The zero-order chi connectivity index (χ0) is 9.68. The average molecular weight is 194 g/mol. The number of carbonyl (C=O) groups excluding carboxylic acids is 1. The summed E-state index contributed by atoms with van der Waals surface area (Å²) < 4.78 is 13.1. The van der Waals surface area contributed by atoms with Gasteiger partial charge >= 0.3 is 0 Å². The molecule has 0 radical (unpaired) electrons. The molecule has 0 fully saturated rings. The zero-order valence-corrected chi connectivity index (χ0v) is 7.60. The van der Waals surface area contributed by atoms with Crippen LogP contribution in [0, 0.1) is 18.2 Å². The molecule has 1 aromatic rings. The molecule has 0 saturated heterocycles. The van der Waals surface area contributed by atoms with Gasteiger partial charge in [-0.25, -0.2) is 4.39 Å². The number of hydrogen-bond donors (Lipinski definition) is 0. The third-order valence-corrected chi connectivity index (χ3v) is 2.45. The molecule has 0 aliphatic heterocycles. The number of thioether (sulfide) groups is 1. The number of aldehydes is 1. The largest absolute Gasteiger partial charge is 0.298 e. The molecule has 1 aromatic carbocycles. The number of benzene rings is 1. The Bertz CT molecular complexity index is 354. The minimum atomic E-state index is -0.398. The third-order valence-electron chi connectivity index (χ3n) is 1.42. The average Bonchev–Trinajstić information content (AvgIpc) is 2.15. The molecule has 0 N–H and O–H groups in total. The molecular formula is C10H7FOS. The highest BCUT2D eigenvalue weighted by Crippen LogP contribution is 2.24. The summed E-state index contributed by atoms with van der Waals surface area (Å²) in [5.41, 5.74) is 0.347. The van der Waals surface area contributed by atoms with Crippen molar-refractivity contribution in [3.05, 3.63) is 29.6 Å². The lowest BCUT2D eigenvalue weighted by Crippen LogP contribution is -1.89. The Morgan fingerprint density at radius 2 is 2.38 bits per heavy atom. The van der Waals surface area contributed by atoms with Crippen LogP contribution in [0.1, 0.15) is 10.4 Å². The van der Waals surface area contributed by atoms with Crippen molar-refractivity contribution < 1.29 is 9.18 Å². The first kappa shape index (κ1) is 9.82. The van der Waals surface area contributed by atoms with Gasteiger partial charge in [0.15, 0.2) is 6.29 Å². The van der Waals surface area contributed by atoms with Gasteiger partial charge in [-0.05, 0) is 6.07 Å². The number of hydrogen-bond acceptors (Lipinski definition) is 2. The van der Waals surface area contributed by atoms with E-state index in [1.807, 2.05) is 0 Å². The summed E-state index contributed by atoms with van der Waals surface area (Å²) in [6, 6.07) is 4.37. The van der Waals surface area contributed by atoms with Crippen LogP contribution < -0.4 is 0 Å². The van der Waals surface area contributed by atoms with Gasteiger partial charge < -0.3 is 0 Å². The Morgan fingerprint density at radius 3 is 3.00 bits per heavy atom. The van der Waals surface area contributed by atoms with E-state index < -0.39 is 5.82 Å². The minimum absolute atomic E-state index is 0.329. The van der Waals surface area contributed by atoms with E-state index in [0.717, 1.165) is 11.8 Å². The Labute approximate surface area is 80.3 Å². The lowest BCUT2D eigenvalue weighted by Gasteiger charge is -2.02. The lowest BCUT2D eigenvalue weighted by molar-refractivity contribution is 0.112. The molecule has 0 heterocycles. The molecule has 3 heteroatoms. The summed E-state index contributed by atoms with van der Waals surface area (Å²) in [5.74, 6) is 2.34. The molecule has 0 aliphatic rings. The van der Waals surface area contributed by atoms with Crippen LogP contribution in [0.15, 0.2) is 23.1 Å². The molecule has 13 heavy (non-hydrogen) atoms. The summed E-state index contributed by atoms with van der Waals surface area (Å²) in [6.45, 7) is 0. The third kappa shape index (κ3) is 2.33. The predicted octanol–water partition coefficient (Wildman–Crippen LogP) is 2.36. The summed E-state index contributed by atoms with van der Waals surface area (Å²) in [7, 11) is 0. The van der Waals surface area contributed by atoms with Gasteiger partial charge in [0.1, 0.15) is 5.82 Å². The maximum Gasteiger partial charge on any atom is 0.151 e. The molecule has 0 aromatic heterocycles. The summed E-state index contributed by atoms with van der Waals surface area (Å²) >= 11 is 1.16. The van der Waals surface area contributed by atoms with E-state index >= 15 is 0 Å². The van der Waals surface area contributed by atoms with Gasteiger partial charge in [0.25, 0.3) is 0 Å². The highest BCUT2D eigenvalue weighted by Gasteiger charge is 2.06. The standard InChI is InChI=1S/C10H7FOS/c1-2-6-13-10-8(7-12)4-3-5-9(10)11/h1,3-5,7H,6H2. The highest BCUT2D eigenvalue weighted by molar-refractivity contribution is 7.99. The molecule has 0 saturated carbocycles. The fourth-order valence-electron chi connectivity index (χ4n) is 0.884. The van der Waals surface area contributed by atoms with Crippen LogP contribution in [-0.4, -0.2) is 12.0 Å². The van der Waals surface area contributed by atoms with E-state index in [4.69, 9.17) is 6.42 Å². The Kier molecular flexibility index (Phi) is 3.53. The van der Waals surface area contributed by atoms with Crippen LogP contribution in [0.25, 0.3) is 0 Å². The highest BCUT2D eigenvalue weighted by atomic mass is 32.2. The van der Waals surface area contributed by atoms with E-state index in [1.165, 1.54) is 12.1 Å². The number of halogens is 1. The molecule has 1 rings (SSSR count). The number of rotatable bonds is 3. The lowest BCUT2D eigenvalue weighted by atomic mass is 10.2. The van der Waals surface area contributed by atoms with Crippen LogP contribution in [0.5, 0.6) is 0 Å². The van der Waals surface area contributed by atoms with Gasteiger partial charge in [-0.3, -0.25) is 4.79 Å². The second-order valence-electron chi connectivity index (χ2n) is 2.27. The van der Waals surface area contributed by atoms with Crippen molar-refractivity contribution in [1.82, 2.24) is 0 Å². The normalized spacial score (nSPS) is 9.23. The molecule has 66 valence electrons. The fourth-order valence-corrected chi connectivity index (χ4v) is 1.60. The second kappa shape index (κ2) is 4.68. The topological polar surface area (TPSA) is 17.1 Å². The Morgan fingerprint density at radius 1 is 1.62 bits per heavy atom. The zero-order valence-electron chi connectivity index (χ0n) is 6.79. The molecular weight excluding hydrogens is 187 g/mol. The summed E-state index contributed by atoms with van der Waals surface area (Å²) in [5, 5.41) is 0. The van der Waals surface area contributed by atoms with Crippen molar-refractivity contribution in [1.29, 1.82) is 0 Å². The van der Waals surface area contributed by atoms with Crippen molar-refractivity contribution in [2.75, 3.05) is 5.75 Å². The minimum Gasteiger partial charge on any atom is -0.298 e. The molecule has 0 aliphatic carbocycles. The van der Waals surface area contributed by atoms with E-state index in [0.29, 0.717) is 22.5 Å². The molecule has 1 nitrogen and oxygen atoms in total.